The van der Waals surface area contributed by atoms with Crippen LogP contribution in [0.1, 0.15) is 57.9 Å². The number of carbonyl (C=O) groups excluding carboxylic acids is 3. The first-order valence-corrected chi connectivity index (χ1v) is 42.5. The van der Waals surface area contributed by atoms with Gasteiger partial charge in [0.1, 0.15) is 25.0 Å². The van der Waals surface area contributed by atoms with Crippen molar-refractivity contribution >= 4 is 112 Å². The van der Waals surface area contributed by atoms with E-state index in [9.17, 15) is 60.9 Å². The number of amides is 2. The first-order chi connectivity index (χ1) is 50.0. The molecule has 0 saturated heterocycles. The Kier molecular flexibility index (Phi) is 25.5. The molecule has 6 aromatic carbocycles. The minimum atomic E-state index is -4.11. The summed E-state index contributed by atoms with van der Waals surface area (Å²) in [6, 6.07) is 36.7. The minimum absolute atomic E-state index is 0.00271. The third-order valence-electron chi connectivity index (χ3n) is 15.4. The maximum atomic E-state index is 13.8. The number of carbonyl (C=O) groups is 3. The molecule has 12 aromatic rings. The molecule has 26 nitrogen and oxygen atoms in total. The second-order valence-electron chi connectivity index (χ2n) is 23.6. The van der Waals surface area contributed by atoms with Crippen LogP contribution in [0.2, 0.25) is 0 Å². The first-order valence-electron chi connectivity index (χ1n) is 31.2. The second-order valence-corrected chi connectivity index (χ2v) is 37.4. The third kappa shape index (κ3) is 18.8. The number of hydrogen-bond acceptors (Lipinski definition) is 26. The Balaban J connectivity index is 0.000000164. The maximum Gasteiger partial charge on any atom is 0.253 e. The molecule has 106 heavy (non-hydrogen) atoms. The number of rotatable bonds is 20. The molecule has 8 N–H and O–H groups in total. The topological polar surface area (TPSA) is 407 Å². The lowest BCUT2D eigenvalue weighted by molar-refractivity contribution is 0.0820. The van der Waals surface area contributed by atoms with Gasteiger partial charge in [-0.2, -0.15) is 10.2 Å². The Morgan fingerprint density at radius 3 is 1.08 bits per heavy atom. The number of Topliss-reactive ketones (excluding diaryl/α,β-unsaturated/α-hetero) is 1. The highest BCUT2D eigenvalue weighted by molar-refractivity contribution is 7.94. The summed E-state index contributed by atoms with van der Waals surface area (Å²) in [5, 5.41) is 14.0. The molecule has 6 aromatic heterocycles. The van der Waals surface area contributed by atoms with Crippen molar-refractivity contribution in [3.8, 4) is 44.5 Å². The van der Waals surface area contributed by atoms with Crippen LogP contribution < -0.4 is 22.9 Å². The Morgan fingerprint density at radius 2 is 0.774 bits per heavy atom. The molecule has 0 atom stereocenters. The van der Waals surface area contributed by atoms with Crippen LogP contribution in [0.5, 0.6) is 0 Å². The lowest BCUT2D eigenvalue weighted by Crippen LogP contribution is -2.22. The van der Waals surface area contributed by atoms with Gasteiger partial charge in [-0.1, -0.05) is 60.7 Å². The molecule has 2 amide bonds. The summed E-state index contributed by atoms with van der Waals surface area (Å²) in [5.74, 6) is -1.48. The summed E-state index contributed by atoms with van der Waals surface area (Å²) in [5.41, 5.74) is 28.1. The van der Waals surface area contributed by atoms with Gasteiger partial charge in [0.15, 0.2) is 30.7 Å². The van der Waals surface area contributed by atoms with E-state index in [-0.39, 0.29) is 98.0 Å². The molecule has 0 bridgehead atoms. The fraction of sp³-hybridized carbons (Fsp3) is 0.171. The van der Waals surface area contributed by atoms with Crippen molar-refractivity contribution in [1.82, 2.24) is 44.3 Å². The molecule has 554 valence electrons. The van der Waals surface area contributed by atoms with Gasteiger partial charge in [-0.3, -0.25) is 23.7 Å². The van der Waals surface area contributed by atoms with E-state index in [0.717, 1.165) is 40.9 Å². The number of aryl methyl sites for hydroxylation is 2. The Bertz CT molecular complexity index is 5860. The molecule has 0 aliphatic rings. The molecule has 12 rings (SSSR count). The fourth-order valence-electron chi connectivity index (χ4n) is 9.91. The van der Waals surface area contributed by atoms with Gasteiger partial charge in [-0.05, 0) is 113 Å². The average molecular weight is 1610 g/mol. The van der Waals surface area contributed by atoms with Crippen molar-refractivity contribution in [3.05, 3.63) is 223 Å². The Morgan fingerprint density at radius 1 is 0.434 bits per heavy atom. The van der Waals surface area contributed by atoms with Crippen molar-refractivity contribution in [1.29, 1.82) is 0 Å². The molecular weight excluding hydrogens is 1540 g/mol. The lowest BCUT2D eigenvalue weighted by Gasteiger charge is -2.13. The monoisotopic (exact) mass is 1610 g/mol. The van der Waals surface area contributed by atoms with Crippen LogP contribution >= 0.6 is 45.3 Å². The van der Waals surface area contributed by atoms with Gasteiger partial charge in [0.2, 0.25) is 39.3 Å². The molecule has 0 unspecified atom stereocenters. The van der Waals surface area contributed by atoms with E-state index in [1.54, 1.807) is 131 Å². The van der Waals surface area contributed by atoms with Crippen molar-refractivity contribution in [2.45, 2.75) is 76.9 Å². The van der Waals surface area contributed by atoms with Gasteiger partial charge in [0.25, 0.3) is 11.8 Å². The molecule has 0 aliphatic heterocycles. The van der Waals surface area contributed by atoms with Gasteiger partial charge < -0.3 is 32.7 Å². The van der Waals surface area contributed by atoms with Crippen LogP contribution in [-0.2, 0) is 89.5 Å². The van der Waals surface area contributed by atoms with Gasteiger partial charge in [-0.25, -0.2) is 61.4 Å². The quantitative estimate of drug-likeness (QED) is 0.0515. The number of benzene rings is 6. The summed E-state index contributed by atoms with van der Waals surface area (Å²) < 4.78 is 145. The number of aromatic nitrogens is 7. The second kappa shape index (κ2) is 33.5. The van der Waals surface area contributed by atoms with Crippen molar-refractivity contribution in [3.63, 3.8) is 0 Å². The molecular formula is C70H70FN13O13S9. The molecule has 36 heteroatoms. The highest BCUT2D eigenvalue weighted by Gasteiger charge is 2.29. The van der Waals surface area contributed by atoms with E-state index < -0.39 is 55.0 Å². The minimum Gasteiger partial charge on any atom is -0.345 e. The van der Waals surface area contributed by atoms with Crippen LogP contribution in [0.3, 0.4) is 0 Å². The summed E-state index contributed by atoms with van der Waals surface area (Å²) >= 11 is 4.31. The number of sulfone groups is 5. The molecule has 0 saturated carbocycles. The van der Waals surface area contributed by atoms with Gasteiger partial charge in [-0.15, -0.1) is 45.3 Å². The van der Waals surface area contributed by atoms with E-state index in [1.165, 1.54) is 109 Å². The van der Waals surface area contributed by atoms with E-state index >= 15 is 0 Å². The zero-order valence-electron chi connectivity index (χ0n) is 57.8. The fourth-order valence-corrected chi connectivity index (χ4v) is 20.2. The zero-order valence-corrected chi connectivity index (χ0v) is 65.2. The van der Waals surface area contributed by atoms with Crippen molar-refractivity contribution in [2.24, 2.45) is 37.0 Å². The highest BCUT2D eigenvalue weighted by atomic mass is 32.2. The zero-order chi connectivity index (χ0) is 77.4. The number of nitrogens with two attached hydrogens (primary N) is 4. The Hall–Kier alpha value is -9.54. The summed E-state index contributed by atoms with van der Waals surface area (Å²) in [4.78, 5) is 51.7. The lowest BCUT2D eigenvalue weighted by atomic mass is 10.0. The standard InChI is InChI=1S/C19H19N3O3S2.C18H16FNO4S3.C17H19N5O3S2.C16H16N4O3S2/c1-22(2)19(23)15-8-14(13-6-4-3-5-7-13)9-16(10-15)27(24,25)18-12-26-17(11-20)21-18;1-26(21,22)14-7-13(12-5-3-2-4-6-12)8-15(9-14)27(23,24)18-10-16(19)17(11-20)25-18;1-21(2)17(23)12-4-11(13-8-19-22(3)9-13)5-14(6-12)27(24,25)16-10-26-15(7-18)20-16;1-10(21)11-3-12(13-7-18-20(2)8-13)5-14(4-11)25(22,23)16-9-24-15(6-17)19-16/h3-10,12H,11,20H2,1-2H3;2-10H,11,20H2,1H3;4-6,8-10H,7,18H2,1-3H3;3-5,7-9H,6,17H2,1-2H3. The summed E-state index contributed by atoms with van der Waals surface area (Å²) in [6.45, 7) is 1.79. The van der Waals surface area contributed by atoms with Crippen LogP contribution in [-0.4, -0.2) is 138 Å². The SMILES string of the molecule is CC(=O)c1cc(-c2cnn(C)c2)cc(S(=O)(=O)c2csc(CN)n2)c1.CN(C)C(=O)c1cc(-c2ccccc2)cc(S(=O)(=O)c2csc(CN)n2)c1.CN(C)C(=O)c1cc(-c2cnn(C)c2)cc(S(=O)(=O)c2csc(CN)n2)c1.CS(=O)(=O)c1cc(-c2ccccc2)cc(S(=O)(=O)c2cc(F)c(CN)s2)c1. The molecule has 0 aliphatic carbocycles. The van der Waals surface area contributed by atoms with Crippen molar-refractivity contribution in [2.75, 3.05) is 34.4 Å². The van der Waals surface area contributed by atoms with E-state index in [2.05, 4.69) is 25.1 Å². The predicted molar refractivity (Wildman–Crippen MR) is 404 cm³/mol. The van der Waals surface area contributed by atoms with Crippen LogP contribution in [0.15, 0.2) is 224 Å². The number of thiazole rings is 3. The number of ketones is 1. The van der Waals surface area contributed by atoms with Crippen molar-refractivity contribution < 1.29 is 60.9 Å². The van der Waals surface area contributed by atoms with Crippen LogP contribution in [0.25, 0.3) is 44.5 Å². The number of nitrogens with zero attached hydrogens (tertiary/aromatic N) is 9. The molecule has 0 fully saturated rings. The molecule has 0 spiro atoms. The van der Waals surface area contributed by atoms with Crippen LogP contribution in [0, 0.1) is 5.82 Å². The van der Waals surface area contributed by atoms with E-state index in [0.29, 0.717) is 59.5 Å². The van der Waals surface area contributed by atoms with Crippen LogP contribution in [0.4, 0.5) is 4.39 Å². The Labute approximate surface area is 628 Å². The molecule has 0 radical (unpaired) electrons. The first kappa shape index (κ1) is 80.6. The predicted octanol–water partition coefficient (Wildman–Crippen LogP) is 9.63. The normalized spacial score (nSPS) is 11.7. The third-order valence-corrected chi connectivity index (χ3v) is 27.7. The summed E-state index contributed by atoms with van der Waals surface area (Å²) in [7, 11) is -9.36. The smallest absolute Gasteiger partial charge is 0.253 e. The highest BCUT2D eigenvalue weighted by Crippen LogP contribution is 2.36. The number of thiophene rings is 1. The maximum absolute atomic E-state index is 13.8. The number of hydrogen-bond donors (Lipinski definition) is 4. The largest absolute Gasteiger partial charge is 0.345 e. The van der Waals surface area contributed by atoms with E-state index in [1.807, 2.05) is 30.3 Å². The van der Waals surface area contributed by atoms with Gasteiger partial charge >= 0.3 is 0 Å². The molecule has 6 heterocycles. The van der Waals surface area contributed by atoms with Gasteiger partial charge in [0, 0.05) is 137 Å². The number of halogens is 1. The van der Waals surface area contributed by atoms with Gasteiger partial charge in [0.05, 0.1) is 41.7 Å². The average Bonchev–Trinajstić information content (AvgIpc) is 1.43. The van der Waals surface area contributed by atoms with E-state index in [4.69, 9.17) is 22.9 Å². The summed E-state index contributed by atoms with van der Waals surface area (Å²) in [6.07, 6.45) is 7.75.